The van der Waals surface area contributed by atoms with E-state index >= 15 is 0 Å². The van der Waals surface area contributed by atoms with Crippen molar-refractivity contribution in [2.45, 2.75) is 103 Å². The number of hydrogen-bond donors (Lipinski definition) is 1. The van der Waals surface area contributed by atoms with Gasteiger partial charge in [0.15, 0.2) is 0 Å². The molecule has 1 fully saturated rings. The largest absolute Gasteiger partial charge is 0.303 e. The van der Waals surface area contributed by atoms with E-state index in [1.165, 1.54) is 70.6 Å². The molecular weight excluding hydrogens is 494 g/mol. The van der Waals surface area contributed by atoms with E-state index in [0.29, 0.717) is 12.6 Å². The fourth-order valence-electron chi connectivity index (χ4n) is 3.17. The van der Waals surface area contributed by atoms with E-state index in [9.17, 15) is 4.79 Å². The molecule has 0 spiro atoms. The number of nitrogens with zero attached hydrogens (tertiary/aromatic N) is 1. The van der Waals surface area contributed by atoms with Gasteiger partial charge in [0, 0.05) is 32.6 Å². The molecule has 0 saturated carbocycles. The average molecular weight is 536 g/mol. The summed E-state index contributed by atoms with van der Waals surface area (Å²) in [5.41, 5.74) is 0. The van der Waals surface area contributed by atoms with Crippen LogP contribution in [0.15, 0.2) is 0 Å². The van der Waals surface area contributed by atoms with E-state index in [4.69, 9.17) is 5.26 Å². The predicted molar refractivity (Wildman–Crippen MR) is 101 cm³/mol. The number of carbonyl (C=O) groups excluding carboxylic acids is 1. The van der Waals surface area contributed by atoms with E-state index in [2.05, 4.69) is 23.8 Å². The molecule has 25 heavy (non-hydrogen) atoms. The van der Waals surface area contributed by atoms with Gasteiger partial charge in [-0.25, -0.2) is 4.89 Å². The molecule has 1 radical (unpaired) electrons. The first-order chi connectivity index (χ1) is 11.8. The van der Waals surface area contributed by atoms with E-state index in [1.54, 1.807) is 0 Å². The average Bonchev–Trinajstić information content (AvgIpc) is 2.99. The van der Waals surface area contributed by atoms with Crippen LogP contribution in [-0.4, -0.2) is 42.7 Å². The second-order valence-electron chi connectivity index (χ2n) is 7.06. The van der Waals surface area contributed by atoms with E-state index in [0.717, 1.165) is 32.1 Å². The Morgan fingerprint density at radius 2 is 1.52 bits per heavy atom. The monoisotopic (exact) mass is 536 g/mol. The normalized spacial score (nSPS) is 16.8. The van der Waals surface area contributed by atoms with Crippen LogP contribution in [0.2, 0.25) is 0 Å². The standard InChI is InChI=1S/C14H28O.C6H13NO2.Ir/c1-2-3-4-5-6-7-8-9-10-11-12-13-14-15;1-7-4-2-3-6(7)5-9-8;/h14H,2-13H2,1H3;6,8H,2-5H2,1H3;. The summed E-state index contributed by atoms with van der Waals surface area (Å²) < 4.78 is 0. The summed E-state index contributed by atoms with van der Waals surface area (Å²) in [6.45, 7) is 3.85. The molecule has 0 aliphatic carbocycles. The molecule has 1 atom stereocenters. The van der Waals surface area contributed by atoms with E-state index in [1.807, 2.05) is 0 Å². The van der Waals surface area contributed by atoms with Gasteiger partial charge in [0.2, 0.25) is 0 Å². The van der Waals surface area contributed by atoms with Crippen LogP contribution in [0.1, 0.15) is 96.8 Å². The minimum absolute atomic E-state index is 0. The number of rotatable bonds is 14. The fourth-order valence-corrected chi connectivity index (χ4v) is 3.17. The van der Waals surface area contributed by atoms with Gasteiger partial charge in [-0.2, -0.15) is 0 Å². The SMILES string of the molecule is CCCCCCCCCCCCCC=O.CN1CCCC1COO.[Ir]. The van der Waals surface area contributed by atoms with Crippen molar-refractivity contribution in [3.63, 3.8) is 0 Å². The molecule has 1 rings (SSSR count). The zero-order valence-corrected chi connectivity index (χ0v) is 18.9. The van der Waals surface area contributed by atoms with Crippen molar-refractivity contribution in [3.8, 4) is 0 Å². The minimum Gasteiger partial charge on any atom is -0.303 e. The van der Waals surface area contributed by atoms with Crippen LogP contribution in [0.25, 0.3) is 0 Å². The first-order valence-corrected chi connectivity index (χ1v) is 10.2. The predicted octanol–water partition coefficient (Wildman–Crippen LogP) is 5.45. The molecule has 0 aromatic carbocycles. The first kappa shape index (κ1) is 27.4. The molecule has 1 heterocycles. The Balaban J connectivity index is 0. The second-order valence-corrected chi connectivity index (χ2v) is 7.06. The van der Waals surface area contributed by atoms with Crippen molar-refractivity contribution in [1.29, 1.82) is 0 Å². The summed E-state index contributed by atoms with van der Waals surface area (Å²) in [4.78, 5) is 16.3. The molecular formula is C20H41IrNO3. The summed E-state index contributed by atoms with van der Waals surface area (Å²) >= 11 is 0. The summed E-state index contributed by atoms with van der Waals surface area (Å²) in [7, 11) is 2.05. The zero-order chi connectivity index (χ0) is 17.9. The summed E-state index contributed by atoms with van der Waals surface area (Å²) in [5.74, 6) is 0. The molecule has 1 N–H and O–H groups in total. The maximum Gasteiger partial charge on any atom is 0.119 e. The van der Waals surface area contributed by atoms with Gasteiger partial charge in [0.05, 0.1) is 6.61 Å². The van der Waals surface area contributed by atoms with Crippen LogP contribution in [0.3, 0.4) is 0 Å². The molecule has 0 bridgehead atoms. The minimum atomic E-state index is 0. The van der Waals surface area contributed by atoms with Gasteiger partial charge in [-0.05, 0) is 32.9 Å². The fraction of sp³-hybridized carbons (Fsp3) is 0.950. The van der Waals surface area contributed by atoms with Gasteiger partial charge in [0.25, 0.3) is 0 Å². The van der Waals surface area contributed by atoms with Gasteiger partial charge in [0.1, 0.15) is 6.29 Å². The van der Waals surface area contributed by atoms with Crippen LogP contribution in [0.5, 0.6) is 0 Å². The molecule has 0 aromatic rings. The zero-order valence-electron chi connectivity index (χ0n) is 16.5. The van der Waals surface area contributed by atoms with Gasteiger partial charge in [-0.15, -0.1) is 0 Å². The van der Waals surface area contributed by atoms with Gasteiger partial charge in [-0.1, -0.05) is 71.1 Å². The maximum atomic E-state index is 10.1. The second kappa shape index (κ2) is 22.2. The summed E-state index contributed by atoms with van der Waals surface area (Å²) in [5, 5.41) is 8.12. The molecule has 1 unspecified atom stereocenters. The number of unbranched alkanes of at least 4 members (excludes halogenated alkanes) is 11. The number of hydrogen-bond acceptors (Lipinski definition) is 4. The number of likely N-dealkylation sites (tertiary alicyclic amines) is 1. The van der Waals surface area contributed by atoms with Gasteiger partial charge >= 0.3 is 0 Å². The van der Waals surface area contributed by atoms with Gasteiger partial charge < -0.3 is 9.69 Å². The molecule has 5 heteroatoms. The summed E-state index contributed by atoms with van der Waals surface area (Å²) in [6.07, 6.45) is 19.0. The number of aldehydes is 1. The van der Waals surface area contributed by atoms with Crippen molar-refractivity contribution in [3.05, 3.63) is 0 Å². The van der Waals surface area contributed by atoms with Crippen LogP contribution < -0.4 is 0 Å². The number of carbonyl (C=O) groups is 1. The number of likely N-dealkylation sites (N-methyl/N-ethyl adjacent to an activating group) is 1. The quantitative estimate of drug-likeness (QED) is 0.139. The Labute approximate surface area is 169 Å². The third-order valence-electron chi connectivity index (χ3n) is 4.86. The van der Waals surface area contributed by atoms with Crippen molar-refractivity contribution in [2.24, 2.45) is 0 Å². The van der Waals surface area contributed by atoms with Crippen LogP contribution in [0, 0.1) is 0 Å². The van der Waals surface area contributed by atoms with E-state index < -0.39 is 0 Å². The van der Waals surface area contributed by atoms with Crippen molar-refractivity contribution in [1.82, 2.24) is 4.90 Å². The molecule has 0 amide bonds. The maximum absolute atomic E-state index is 10.1. The Kier molecular flexibility index (Phi) is 24.4. The van der Waals surface area contributed by atoms with E-state index in [-0.39, 0.29) is 20.1 Å². The topological polar surface area (TPSA) is 49.8 Å². The Hall–Kier alpha value is 0.199. The molecule has 1 aliphatic heterocycles. The van der Waals surface area contributed by atoms with Crippen LogP contribution >= 0.6 is 0 Å². The Morgan fingerprint density at radius 3 is 1.92 bits per heavy atom. The van der Waals surface area contributed by atoms with Crippen molar-refractivity contribution in [2.75, 3.05) is 20.2 Å². The molecule has 0 aromatic heterocycles. The molecule has 1 saturated heterocycles. The molecule has 1 aliphatic rings. The molecule has 4 nitrogen and oxygen atoms in total. The van der Waals surface area contributed by atoms with Crippen molar-refractivity contribution >= 4 is 6.29 Å². The van der Waals surface area contributed by atoms with Crippen LogP contribution in [0.4, 0.5) is 0 Å². The smallest absolute Gasteiger partial charge is 0.119 e. The third kappa shape index (κ3) is 18.8. The van der Waals surface area contributed by atoms with Crippen LogP contribution in [-0.2, 0) is 29.8 Å². The third-order valence-corrected chi connectivity index (χ3v) is 4.86. The van der Waals surface area contributed by atoms with Crippen molar-refractivity contribution < 1.29 is 35.0 Å². The Bertz CT molecular complexity index is 267. The first-order valence-electron chi connectivity index (χ1n) is 10.2. The summed E-state index contributed by atoms with van der Waals surface area (Å²) in [6, 6.07) is 0.440. The van der Waals surface area contributed by atoms with Gasteiger partial charge in [-0.3, -0.25) is 5.26 Å². The molecule has 153 valence electrons. The Morgan fingerprint density at radius 1 is 1.00 bits per heavy atom.